The number of carbonyl (C=O) groups is 3. The molecule has 0 saturated carbocycles. The highest BCUT2D eigenvalue weighted by Crippen LogP contribution is 2.51. The van der Waals surface area contributed by atoms with Gasteiger partial charge in [0.2, 0.25) is 11.8 Å². The van der Waals surface area contributed by atoms with Gasteiger partial charge in [0, 0.05) is 22.6 Å². The maximum atomic E-state index is 13.0. The number of rotatable bonds is 8. The molecule has 0 radical (unpaired) electrons. The lowest BCUT2D eigenvalue weighted by molar-refractivity contribution is -0.919. The van der Waals surface area contributed by atoms with Gasteiger partial charge in [0.05, 0.1) is 69.6 Å². The summed E-state index contributed by atoms with van der Waals surface area (Å²) in [6.07, 6.45) is -0.265. The van der Waals surface area contributed by atoms with Gasteiger partial charge in [-0.1, -0.05) is 6.92 Å². The Morgan fingerprint density at radius 2 is 1.97 bits per heavy atom. The van der Waals surface area contributed by atoms with E-state index in [2.05, 4.69) is 19.4 Å². The predicted octanol–water partition coefficient (Wildman–Crippen LogP) is -2.03. The Morgan fingerprint density at radius 3 is 2.53 bits per heavy atom. The van der Waals surface area contributed by atoms with E-state index in [1.54, 1.807) is 6.92 Å². The largest absolute Gasteiger partial charge is 0.543 e. The van der Waals surface area contributed by atoms with Crippen molar-refractivity contribution >= 4 is 42.0 Å². The van der Waals surface area contributed by atoms with Crippen LogP contribution in [0.25, 0.3) is 0 Å². The molecule has 3 saturated heterocycles. The highest BCUT2D eigenvalue weighted by atomic mass is 35.5. The van der Waals surface area contributed by atoms with Gasteiger partial charge in [-0.15, -0.1) is 24.2 Å². The molecular weight excluding hydrogens is 484 g/mol. The number of amides is 2. The predicted molar refractivity (Wildman–Crippen MR) is 126 cm³/mol. The van der Waals surface area contributed by atoms with Crippen LogP contribution in [0.3, 0.4) is 0 Å². The van der Waals surface area contributed by atoms with Crippen LogP contribution in [-0.4, -0.2) is 119 Å². The first-order valence-corrected chi connectivity index (χ1v) is 12.4. The molecule has 6 atom stereocenters. The Hall–Kier alpha value is -1.37. The number of fused-ring (bicyclic) bond motifs is 1. The van der Waals surface area contributed by atoms with E-state index in [0.717, 1.165) is 0 Å². The van der Waals surface area contributed by atoms with Crippen molar-refractivity contribution in [1.82, 2.24) is 15.1 Å². The lowest BCUT2D eigenvalue weighted by Gasteiger charge is -2.48. The fourth-order valence-corrected chi connectivity index (χ4v) is 7.04. The maximum absolute atomic E-state index is 13.0. The number of aliphatic hydroxyl groups excluding tert-OH is 2. The van der Waals surface area contributed by atoms with E-state index in [-0.39, 0.29) is 59.8 Å². The number of carbonyl (C=O) groups excluding carboxylic acids is 3. The average molecular weight is 519 g/mol. The zero-order valence-electron chi connectivity index (χ0n) is 20.0. The minimum Gasteiger partial charge on any atom is -0.543 e. The highest BCUT2D eigenvalue weighted by Gasteiger charge is 2.59. The molecule has 2 amide bonds. The lowest BCUT2D eigenvalue weighted by Crippen LogP contribution is -2.68. The van der Waals surface area contributed by atoms with Crippen molar-refractivity contribution in [1.29, 1.82) is 0 Å². The summed E-state index contributed by atoms with van der Waals surface area (Å²) < 4.78 is 0.679. The number of carboxylic acid groups (broad SMARTS) is 1. The smallest absolute Gasteiger partial charge is 0.240 e. The fourth-order valence-electron chi connectivity index (χ4n) is 5.57. The first-order chi connectivity index (χ1) is 15.5. The summed E-state index contributed by atoms with van der Waals surface area (Å²) in [5.41, 5.74) is -0.0800. The topological polar surface area (TPSA) is 133 Å². The molecule has 0 aliphatic carbocycles. The molecule has 0 bridgehead atoms. The summed E-state index contributed by atoms with van der Waals surface area (Å²) in [4.78, 5) is 41.0. The molecule has 192 valence electrons. The first-order valence-electron chi connectivity index (χ1n) is 11.6. The van der Waals surface area contributed by atoms with E-state index in [0.29, 0.717) is 48.0 Å². The fraction of sp³-hybridized carbons (Fsp3) is 0.773. The van der Waals surface area contributed by atoms with Crippen molar-refractivity contribution in [3.05, 3.63) is 10.6 Å². The van der Waals surface area contributed by atoms with Gasteiger partial charge in [-0.05, 0) is 13.3 Å². The SMILES string of the molecule is CC(O)[C@H]1C(=O)N2C(C(=O)[O-])=C(S[C@@H]3CN[C@H](C(=O)N4CC([N+](C)(C)CCO)C4)C3)[C@H](C)[C@H]12.Cl. The number of thioether (sulfide) groups is 1. The third-order valence-electron chi connectivity index (χ3n) is 7.82. The Labute approximate surface area is 210 Å². The van der Waals surface area contributed by atoms with Crippen molar-refractivity contribution in [3.63, 3.8) is 0 Å². The molecule has 4 rings (SSSR count). The third-order valence-corrected chi connectivity index (χ3v) is 9.33. The summed E-state index contributed by atoms with van der Waals surface area (Å²) >= 11 is 1.41. The molecule has 0 spiro atoms. The number of aliphatic carboxylic acids is 1. The number of hydrogen-bond donors (Lipinski definition) is 3. The van der Waals surface area contributed by atoms with Crippen LogP contribution in [-0.2, 0) is 14.4 Å². The number of halogens is 1. The number of nitrogens with one attached hydrogen (secondary N) is 1. The van der Waals surface area contributed by atoms with E-state index in [4.69, 9.17) is 0 Å². The second kappa shape index (κ2) is 9.94. The molecular formula is C22H35ClN4O6S. The number of quaternary nitrogens is 1. The quantitative estimate of drug-likeness (QED) is 0.247. The Bertz CT molecular complexity index is 877. The van der Waals surface area contributed by atoms with Crippen molar-refractivity contribution in [2.45, 2.75) is 49.7 Å². The summed E-state index contributed by atoms with van der Waals surface area (Å²) in [6.45, 7) is 6.10. The minimum absolute atomic E-state index is 0. The molecule has 3 fully saturated rings. The van der Waals surface area contributed by atoms with Crippen LogP contribution in [0.5, 0.6) is 0 Å². The number of likely N-dealkylation sites (N-methyl/N-ethyl adjacent to an activating group) is 1. The molecule has 10 nitrogen and oxygen atoms in total. The number of β-lactam (4-membered cyclic amide) rings is 1. The van der Waals surface area contributed by atoms with Gasteiger partial charge in [-0.3, -0.25) is 9.59 Å². The zero-order valence-corrected chi connectivity index (χ0v) is 21.6. The molecule has 4 aliphatic rings. The Balaban J connectivity index is 0.00000324. The van der Waals surface area contributed by atoms with Gasteiger partial charge < -0.3 is 39.7 Å². The van der Waals surface area contributed by atoms with Gasteiger partial charge in [-0.25, -0.2) is 0 Å². The minimum atomic E-state index is -1.38. The lowest BCUT2D eigenvalue weighted by atomic mass is 9.79. The summed E-state index contributed by atoms with van der Waals surface area (Å²) in [6, 6.07) is -0.366. The summed E-state index contributed by atoms with van der Waals surface area (Å²) in [5.74, 6) is -2.50. The highest BCUT2D eigenvalue weighted by molar-refractivity contribution is 8.03. The van der Waals surface area contributed by atoms with Gasteiger partial charge in [-0.2, -0.15) is 0 Å². The van der Waals surface area contributed by atoms with Crippen LogP contribution in [0.15, 0.2) is 10.6 Å². The van der Waals surface area contributed by atoms with Crippen LogP contribution in [0.2, 0.25) is 0 Å². The van der Waals surface area contributed by atoms with Crippen molar-refractivity contribution in [3.8, 4) is 0 Å². The second-order valence-electron chi connectivity index (χ2n) is 10.3. The van der Waals surface area contributed by atoms with Crippen LogP contribution >= 0.6 is 24.2 Å². The normalized spacial score (nSPS) is 32.2. The number of likely N-dealkylation sites (tertiary alicyclic amines) is 1. The van der Waals surface area contributed by atoms with E-state index in [1.807, 2.05) is 11.8 Å². The van der Waals surface area contributed by atoms with Gasteiger partial charge in [0.15, 0.2) is 0 Å². The number of nitrogens with zero attached hydrogens (tertiary/aromatic N) is 3. The molecule has 12 heteroatoms. The van der Waals surface area contributed by atoms with E-state index < -0.39 is 18.0 Å². The van der Waals surface area contributed by atoms with Gasteiger partial charge in [0.1, 0.15) is 12.6 Å². The molecule has 4 heterocycles. The third kappa shape index (κ3) is 4.46. The molecule has 34 heavy (non-hydrogen) atoms. The van der Waals surface area contributed by atoms with Crippen LogP contribution in [0, 0.1) is 11.8 Å². The van der Waals surface area contributed by atoms with Crippen molar-refractivity contribution in [2.75, 3.05) is 46.9 Å². The monoisotopic (exact) mass is 518 g/mol. The van der Waals surface area contributed by atoms with Crippen molar-refractivity contribution < 1.29 is 34.2 Å². The number of hydrogen-bond acceptors (Lipinski definition) is 8. The second-order valence-corrected chi connectivity index (χ2v) is 11.7. The van der Waals surface area contributed by atoms with Crippen LogP contribution < -0.4 is 10.4 Å². The van der Waals surface area contributed by atoms with Crippen molar-refractivity contribution in [2.24, 2.45) is 11.8 Å². The molecule has 1 unspecified atom stereocenters. The van der Waals surface area contributed by atoms with Gasteiger partial charge in [0.25, 0.3) is 0 Å². The number of aliphatic hydroxyl groups is 2. The molecule has 0 aromatic heterocycles. The van der Waals surface area contributed by atoms with E-state index >= 15 is 0 Å². The molecule has 4 aliphatic heterocycles. The van der Waals surface area contributed by atoms with Crippen LogP contribution in [0.1, 0.15) is 20.3 Å². The molecule has 3 N–H and O–H groups in total. The first kappa shape index (κ1) is 27.2. The maximum Gasteiger partial charge on any atom is 0.240 e. The zero-order chi connectivity index (χ0) is 24.2. The summed E-state index contributed by atoms with van der Waals surface area (Å²) in [7, 11) is 4.12. The molecule has 0 aromatic rings. The average Bonchev–Trinajstić information content (AvgIpc) is 3.22. The molecule has 0 aromatic carbocycles. The Kier molecular flexibility index (Phi) is 7.96. The summed E-state index contributed by atoms with van der Waals surface area (Å²) in [5, 5.41) is 34.4. The van der Waals surface area contributed by atoms with E-state index in [9.17, 15) is 29.7 Å². The Morgan fingerprint density at radius 1 is 1.32 bits per heavy atom. The van der Waals surface area contributed by atoms with E-state index in [1.165, 1.54) is 16.7 Å². The standard InChI is InChI=1S/C22H34N4O6S.ClH/c1-11-17-16(12(2)28)21(30)25(17)18(22(31)32)19(11)33-14-7-15(23-8-14)20(29)24-9-13(10-24)26(3,4)5-6-27;/h11-17,23,27-28H,5-10H2,1-4H3;1H/t11-,12?,14+,15+,16-,17-;/m1./s1. The van der Waals surface area contributed by atoms with Gasteiger partial charge >= 0.3 is 0 Å². The number of carboxylic acids is 1. The van der Waals surface area contributed by atoms with Crippen LogP contribution in [0.4, 0.5) is 0 Å².